The molecule has 24 heavy (non-hydrogen) atoms. The summed E-state index contributed by atoms with van der Waals surface area (Å²) in [5.74, 6) is -1.15. The summed E-state index contributed by atoms with van der Waals surface area (Å²) in [6, 6.07) is -1.29. The lowest BCUT2D eigenvalue weighted by molar-refractivity contribution is -0.135. The van der Waals surface area contributed by atoms with Crippen LogP contribution in [0.4, 0.5) is 0 Å². The standard InChI is InChI=1S/C9H23N5O8P2/c10-9(11)12-4-2-1-3-7(13-16)8(15)14(5-23(17,18)19)6-24(20,21)22/h7,13,16H,1-6H2,(H4,10,11,12)(H2,17,18,19)(H2,20,21,22)/t7-/m0/s1. The highest BCUT2D eigenvalue weighted by atomic mass is 31.2. The minimum Gasteiger partial charge on any atom is -0.370 e. The van der Waals surface area contributed by atoms with Gasteiger partial charge < -0.3 is 41.1 Å². The SMILES string of the molecule is NC(N)=NCCCC[C@H](NO)C(=O)N(CP(=O)(O)O)CP(=O)(O)O. The van der Waals surface area contributed by atoms with Gasteiger partial charge in [-0.3, -0.25) is 18.9 Å². The van der Waals surface area contributed by atoms with Crippen LogP contribution in [0.25, 0.3) is 0 Å². The zero-order valence-corrected chi connectivity index (χ0v) is 14.5. The van der Waals surface area contributed by atoms with Crippen molar-refractivity contribution in [3.63, 3.8) is 0 Å². The molecule has 0 aliphatic carbocycles. The Morgan fingerprint density at radius 3 is 1.96 bits per heavy atom. The second-order valence-corrected chi connectivity index (χ2v) is 8.20. The fraction of sp³-hybridized carbons (Fsp3) is 0.778. The number of unbranched alkanes of at least 4 members (excludes halogenated alkanes) is 1. The summed E-state index contributed by atoms with van der Waals surface area (Å²) in [5.41, 5.74) is 11.9. The molecule has 0 saturated carbocycles. The molecule has 0 rings (SSSR count). The molecule has 1 atom stereocenters. The Morgan fingerprint density at radius 2 is 1.58 bits per heavy atom. The number of hydrogen-bond donors (Lipinski definition) is 8. The highest BCUT2D eigenvalue weighted by Crippen LogP contribution is 2.41. The quantitative estimate of drug-likeness (QED) is 0.0623. The minimum atomic E-state index is -4.75. The van der Waals surface area contributed by atoms with Crippen LogP contribution in [0.1, 0.15) is 19.3 Å². The summed E-state index contributed by atoms with van der Waals surface area (Å²) in [4.78, 5) is 51.9. The summed E-state index contributed by atoms with van der Waals surface area (Å²) in [7, 11) is -9.51. The first-order chi connectivity index (χ1) is 10.9. The van der Waals surface area contributed by atoms with Crippen LogP contribution in [-0.4, -0.2) is 66.7 Å². The van der Waals surface area contributed by atoms with E-state index in [1.807, 2.05) is 0 Å². The molecule has 0 bridgehead atoms. The van der Waals surface area contributed by atoms with Crippen molar-refractivity contribution in [1.82, 2.24) is 10.4 Å². The van der Waals surface area contributed by atoms with Gasteiger partial charge in [0, 0.05) is 6.54 Å². The lowest BCUT2D eigenvalue weighted by Gasteiger charge is -2.27. The van der Waals surface area contributed by atoms with E-state index in [0.29, 0.717) is 17.7 Å². The van der Waals surface area contributed by atoms with E-state index in [1.165, 1.54) is 0 Å². The molecule has 13 nitrogen and oxygen atoms in total. The van der Waals surface area contributed by atoms with Crippen LogP contribution in [0.2, 0.25) is 0 Å². The van der Waals surface area contributed by atoms with E-state index in [-0.39, 0.29) is 18.9 Å². The fourth-order valence-corrected chi connectivity index (χ4v) is 3.29. The van der Waals surface area contributed by atoms with Crippen molar-refractivity contribution < 1.29 is 38.7 Å². The Labute approximate surface area is 138 Å². The Morgan fingerprint density at radius 1 is 1.08 bits per heavy atom. The van der Waals surface area contributed by atoms with E-state index in [1.54, 1.807) is 5.48 Å². The number of hydroxylamine groups is 1. The van der Waals surface area contributed by atoms with E-state index < -0.39 is 39.7 Å². The zero-order chi connectivity index (χ0) is 19.0. The van der Waals surface area contributed by atoms with Crippen LogP contribution in [0.3, 0.4) is 0 Å². The maximum absolute atomic E-state index is 12.2. The van der Waals surface area contributed by atoms with Gasteiger partial charge in [-0.25, -0.2) is 0 Å². The fourth-order valence-electron chi connectivity index (χ4n) is 1.76. The number of nitrogens with two attached hydrogens (primary N) is 2. The van der Waals surface area contributed by atoms with Crippen LogP contribution in [0.15, 0.2) is 4.99 Å². The molecule has 0 saturated heterocycles. The Balaban J connectivity index is 4.84. The van der Waals surface area contributed by atoms with Gasteiger partial charge in [-0.05, 0) is 19.3 Å². The Kier molecular flexibility index (Phi) is 9.63. The molecule has 0 fully saturated rings. The second kappa shape index (κ2) is 10.1. The number of carbonyl (C=O) groups excluding carboxylic acids is 1. The summed E-state index contributed by atoms with van der Waals surface area (Å²) in [6.45, 7) is 0.281. The summed E-state index contributed by atoms with van der Waals surface area (Å²) < 4.78 is 22.1. The van der Waals surface area contributed by atoms with Gasteiger partial charge in [0.1, 0.15) is 18.6 Å². The summed E-state index contributed by atoms with van der Waals surface area (Å²) >= 11 is 0. The molecule has 15 heteroatoms. The van der Waals surface area contributed by atoms with Crippen molar-refractivity contribution in [2.75, 3.05) is 19.1 Å². The zero-order valence-electron chi connectivity index (χ0n) is 12.7. The highest BCUT2D eigenvalue weighted by Gasteiger charge is 2.33. The van der Waals surface area contributed by atoms with Crippen LogP contribution in [0.5, 0.6) is 0 Å². The molecule has 0 radical (unpaired) electrons. The molecule has 0 aliphatic heterocycles. The van der Waals surface area contributed by atoms with Crippen molar-refractivity contribution in [3.8, 4) is 0 Å². The smallest absolute Gasteiger partial charge is 0.344 e. The van der Waals surface area contributed by atoms with Gasteiger partial charge in [0.15, 0.2) is 5.96 Å². The molecule has 1 amide bonds. The summed E-state index contributed by atoms with van der Waals surface area (Å²) in [5, 5.41) is 9.03. The highest BCUT2D eigenvalue weighted by molar-refractivity contribution is 7.52. The monoisotopic (exact) mass is 391 g/mol. The first-order valence-electron chi connectivity index (χ1n) is 6.68. The molecule has 142 valence electrons. The van der Waals surface area contributed by atoms with Gasteiger partial charge in [0.05, 0.1) is 0 Å². The largest absolute Gasteiger partial charge is 0.370 e. The van der Waals surface area contributed by atoms with Gasteiger partial charge in [-0.1, -0.05) is 0 Å². The first kappa shape index (κ1) is 23.0. The normalized spacial score (nSPS) is 13.4. The van der Waals surface area contributed by atoms with Crippen molar-refractivity contribution >= 4 is 27.1 Å². The first-order valence-corrected chi connectivity index (χ1v) is 10.3. The average Bonchev–Trinajstić information content (AvgIpc) is 2.38. The lowest BCUT2D eigenvalue weighted by Crippen LogP contribution is -2.46. The number of rotatable bonds is 11. The summed E-state index contributed by atoms with van der Waals surface area (Å²) in [6.07, 6.45) is -1.50. The maximum atomic E-state index is 12.2. The third-order valence-corrected chi connectivity index (χ3v) is 4.09. The van der Waals surface area contributed by atoms with Crippen LogP contribution in [0, 0.1) is 0 Å². The van der Waals surface area contributed by atoms with Gasteiger partial charge >= 0.3 is 15.2 Å². The average molecular weight is 391 g/mol. The van der Waals surface area contributed by atoms with Crippen LogP contribution < -0.4 is 16.9 Å². The van der Waals surface area contributed by atoms with Gasteiger partial charge in [-0.2, -0.15) is 5.48 Å². The number of nitrogens with one attached hydrogen (secondary N) is 1. The molecule has 0 spiro atoms. The molecule has 0 heterocycles. The molecule has 0 aromatic carbocycles. The van der Waals surface area contributed by atoms with Gasteiger partial charge in [0.25, 0.3) is 0 Å². The molecule has 0 aromatic heterocycles. The lowest BCUT2D eigenvalue weighted by atomic mass is 10.1. The molecule has 0 aromatic rings. The number of aliphatic imine (C=N–C) groups is 1. The predicted octanol–water partition coefficient (Wildman–Crippen LogP) is -2.12. The van der Waals surface area contributed by atoms with E-state index in [4.69, 9.17) is 36.2 Å². The third-order valence-electron chi connectivity index (χ3n) is 2.67. The topological polar surface area (TPSA) is 232 Å². The van der Waals surface area contributed by atoms with E-state index in [9.17, 15) is 13.9 Å². The Hall–Kier alpha value is -1.04. The number of amides is 1. The van der Waals surface area contributed by atoms with E-state index >= 15 is 0 Å². The third kappa shape index (κ3) is 11.5. The molecule has 10 N–H and O–H groups in total. The van der Waals surface area contributed by atoms with Crippen LogP contribution in [-0.2, 0) is 13.9 Å². The van der Waals surface area contributed by atoms with E-state index in [2.05, 4.69) is 4.99 Å². The van der Waals surface area contributed by atoms with Crippen molar-refractivity contribution in [3.05, 3.63) is 0 Å². The van der Waals surface area contributed by atoms with Crippen molar-refractivity contribution in [2.45, 2.75) is 25.3 Å². The number of guanidine groups is 1. The molecular weight excluding hydrogens is 368 g/mol. The maximum Gasteiger partial charge on any atom is 0.344 e. The van der Waals surface area contributed by atoms with Crippen molar-refractivity contribution in [1.29, 1.82) is 0 Å². The number of carbonyl (C=O) groups is 1. The van der Waals surface area contributed by atoms with Crippen LogP contribution >= 0.6 is 15.2 Å². The molecule has 0 unspecified atom stereocenters. The number of nitrogens with zero attached hydrogens (tertiary/aromatic N) is 2. The minimum absolute atomic E-state index is 0.0359. The number of hydrogen-bond acceptors (Lipinski definition) is 6. The van der Waals surface area contributed by atoms with Gasteiger partial charge in [-0.15, -0.1) is 0 Å². The van der Waals surface area contributed by atoms with E-state index in [0.717, 1.165) is 0 Å². The molecule has 0 aliphatic rings. The molecular formula is C9H23N5O8P2. The van der Waals surface area contributed by atoms with Gasteiger partial charge in [0.2, 0.25) is 5.91 Å². The predicted molar refractivity (Wildman–Crippen MR) is 83.9 cm³/mol. The Bertz CT molecular complexity index is 504. The van der Waals surface area contributed by atoms with Crippen molar-refractivity contribution in [2.24, 2.45) is 16.5 Å². The second-order valence-electron chi connectivity index (χ2n) is 4.97.